The average Bonchev–Trinajstić information content (AvgIpc) is 2.71. The van der Waals surface area contributed by atoms with Gasteiger partial charge in [0, 0.05) is 0 Å². The van der Waals surface area contributed by atoms with Gasteiger partial charge in [0.1, 0.15) is 0 Å². The van der Waals surface area contributed by atoms with Gasteiger partial charge in [-0.3, -0.25) is 14.4 Å². The Hall–Kier alpha value is -2.17. The molecule has 0 saturated carbocycles. The number of esters is 1. The molecule has 1 aliphatic heterocycles. The van der Waals surface area contributed by atoms with Crippen LogP contribution in [0.25, 0.3) is 0 Å². The predicted octanol–water partition coefficient (Wildman–Crippen LogP) is 2.27. The molecule has 1 heterocycles. The van der Waals surface area contributed by atoms with E-state index in [-0.39, 0.29) is 5.97 Å². The third-order valence-electron chi connectivity index (χ3n) is 3.29. The van der Waals surface area contributed by atoms with Gasteiger partial charge >= 0.3 is 5.97 Å². The zero-order valence-corrected chi connectivity index (χ0v) is 11.6. The van der Waals surface area contributed by atoms with Crippen LogP contribution < -0.4 is 5.32 Å². The molecule has 1 amide bonds. The zero-order valence-electron chi connectivity index (χ0n) is 11.6. The van der Waals surface area contributed by atoms with Crippen LogP contribution in [-0.2, 0) is 14.3 Å². The summed E-state index contributed by atoms with van der Waals surface area (Å²) in [6, 6.07) is 5.04. The van der Waals surface area contributed by atoms with Gasteiger partial charge in [-0.2, -0.15) is 0 Å². The lowest BCUT2D eigenvalue weighted by Crippen LogP contribution is -2.16. The lowest BCUT2D eigenvalue weighted by atomic mass is 9.92. The summed E-state index contributed by atoms with van der Waals surface area (Å²) in [7, 11) is 0. The van der Waals surface area contributed by atoms with Crippen LogP contribution in [0.15, 0.2) is 18.2 Å². The summed E-state index contributed by atoms with van der Waals surface area (Å²) in [6.07, 6.45) is 1.47. The van der Waals surface area contributed by atoms with Crippen molar-refractivity contribution in [2.24, 2.45) is 0 Å². The van der Waals surface area contributed by atoms with Crippen LogP contribution in [0.4, 0.5) is 5.69 Å². The number of nitrogens with one attached hydrogen (secondary N) is 1. The highest BCUT2D eigenvalue weighted by Crippen LogP contribution is 2.30. The summed E-state index contributed by atoms with van der Waals surface area (Å²) in [5.74, 6) is -1.87. The first-order valence-electron chi connectivity index (χ1n) is 6.74. The molecule has 0 bridgehead atoms. The Morgan fingerprint density at radius 1 is 1.30 bits per heavy atom. The molecule has 2 rings (SSSR count). The lowest BCUT2D eigenvalue weighted by Gasteiger charge is -2.15. The monoisotopic (exact) mass is 275 g/mol. The zero-order chi connectivity index (χ0) is 14.7. The summed E-state index contributed by atoms with van der Waals surface area (Å²) in [5.41, 5.74) is 1.55. The predicted molar refractivity (Wildman–Crippen MR) is 73.7 cm³/mol. The molecule has 0 aromatic heterocycles. The summed E-state index contributed by atoms with van der Waals surface area (Å²) < 4.78 is 5.07. The van der Waals surface area contributed by atoms with Gasteiger partial charge < -0.3 is 10.1 Å². The van der Waals surface area contributed by atoms with Crippen LogP contribution in [0.2, 0.25) is 0 Å². The van der Waals surface area contributed by atoms with Gasteiger partial charge in [-0.1, -0.05) is 19.4 Å². The van der Waals surface area contributed by atoms with Crippen molar-refractivity contribution in [3.63, 3.8) is 0 Å². The molecule has 0 radical (unpaired) electrons. The minimum atomic E-state index is -0.625. The summed E-state index contributed by atoms with van der Waals surface area (Å²) in [6.45, 7) is 4.06. The fourth-order valence-electron chi connectivity index (χ4n) is 2.33. The summed E-state index contributed by atoms with van der Waals surface area (Å²) in [4.78, 5) is 35.0. The van der Waals surface area contributed by atoms with E-state index in [0.29, 0.717) is 29.8 Å². The minimum Gasteiger partial charge on any atom is -0.466 e. The van der Waals surface area contributed by atoms with Crippen molar-refractivity contribution in [2.75, 3.05) is 11.9 Å². The van der Waals surface area contributed by atoms with Gasteiger partial charge in [0.2, 0.25) is 0 Å². The lowest BCUT2D eigenvalue weighted by molar-refractivity contribution is -0.145. The minimum absolute atomic E-state index is 0.293. The number of ether oxygens (including phenoxy) is 1. The number of benzene rings is 1. The number of fused-ring (bicyclic) bond motifs is 1. The van der Waals surface area contributed by atoms with Crippen LogP contribution in [-0.4, -0.2) is 24.3 Å². The van der Waals surface area contributed by atoms with E-state index in [2.05, 4.69) is 5.32 Å². The third kappa shape index (κ3) is 2.57. The Balaban J connectivity index is 2.34. The second kappa shape index (κ2) is 5.86. The quantitative estimate of drug-likeness (QED) is 0.661. The van der Waals surface area contributed by atoms with Gasteiger partial charge in [0.15, 0.2) is 0 Å². The topological polar surface area (TPSA) is 72.5 Å². The largest absolute Gasteiger partial charge is 0.466 e. The Kier molecular flexibility index (Phi) is 4.17. The summed E-state index contributed by atoms with van der Waals surface area (Å²) >= 11 is 0. The molecule has 1 unspecified atom stereocenters. The molecule has 20 heavy (non-hydrogen) atoms. The maximum Gasteiger partial charge on any atom is 0.313 e. The van der Waals surface area contributed by atoms with E-state index >= 15 is 0 Å². The molecule has 1 aromatic carbocycles. The molecule has 1 N–H and O–H groups in total. The Morgan fingerprint density at radius 2 is 2.05 bits per heavy atom. The molecule has 0 spiro atoms. The van der Waals surface area contributed by atoms with Gasteiger partial charge in [0.05, 0.1) is 23.8 Å². The highest BCUT2D eigenvalue weighted by Gasteiger charge is 2.30. The summed E-state index contributed by atoms with van der Waals surface area (Å²) in [5, 5.41) is 2.50. The van der Waals surface area contributed by atoms with E-state index in [9.17, 15) is 14.4 Å². The number of hydrogen-bond donors (Lipinski definition) is 1. The number of ketones is 1. The fraction of sp³-hybridized carbons (Fsp3) is 0.400. The van der Waals surface area contributed by atoms with Crippen LogP contribution in [0.5, 0.6) is 0 Å². The van der Waals surface area contributed by atoms with Gasteiger partial charge in [-0.25, -0.2) is 0 Å². The molecule has 0 saturated heterocycles. The van der Waals surface area contributed by atoms with E-state index in [1.54, 1.807) is 25.1 Å². The number of hydrogen-bond acceptors (Lipinski definition) is 4. The maximum absolute atomic E-state index is 12.0. The van der Waals surface area contributed by atoms with Crippen molar-refractivity contribution in [3.8, 4) is 0 Å². The van der Waals surface area contributed by atoms with Crippen molar-refractivity contribution in [2.45, 2.75) is 32.6 Å². The highest BCUT2D eigenvalue weighted by atomic mass is 16.5. The van der Waals surface area contributed by atoms with E-state index in [0.717, 1.165) is 6.42 Å². The Morgan fingerprint density at radius 3 is 2.70 bits per heavy atom. The second-order valence-electron chi connectivity index (χ2n) is 4.68. The molecule has 106 valence electrons. The van der Waals surface area contributed by atoms with Crippen molar-refractivity contribution >= 4 is 23.3 Å². The van der Waals surface area contributed by atoms with Crippen LogP contribution in [0, 0.1) is 0 Å². The number of carbonyl (C=O) groups excluding carboxylic acids is 3. The molecule has 5 nitrogen and oxygen atoms in total. The standard InChI is InChI=1S/C15H17NO4/c1-3-5-10(15(19)20-4-2)9-6-7-12-11(8-9)13(17)14(18)16-12/h6-8,10H,3-5H2,1-2H3,(H,16,17,18). The van der Waals surface area contributed by atoms with Crippen LogP contribution >= 0.6 is 0 Å². The normalized spacial score (nSPS) is 14.7. The van der Waals surface area contributed by atoms with Crippen molar-refractivity contribution in [1.82, 2.24) is 0 Å². The number of carbonyl (C=O) groups is 3. The molecule has 0 fully saturated rings. The molecule has 1 aromatic rings. The Labute approximate surface area is 117 Å². The van der Waals surface area contributed by atoms with Gasteiger partial charge in [-0.05, 0) is 31.0 Å². The van der Waals surface area contributed by atoms with E-state index < -0.39 is 17.6 Å². The number of Topliss-reactive ketones (excluding diaryl/α,β-unsaturated/α-hetero) is 1. The van der Waals surface area contributed by atoms with Crippen LogP contribution in [0.3, 0.4) is 0 Å². The van der Waals surface area contributed by atoms with Crippen molar-refractivity contribution in [3.05, 3.63) is 29.3 Å². The smallest absolute Gasteiger partial charge is 0.313 e. The molecule has 0 aliphatic carbocycles. The second-order valence-corrected chi connectivity index (χ2v) is 4.68. The van der Waals surface area contributed by atoms with Crippen LogP contribution in [0.1, 0.15) is 48.5 Å². The first-order valence-corrected chi connectivity index (χ1v) is 6.74. The number of rotatable bonds is 5. The average molecular weight is 275 g/mol. The highest BCUT2D eigenvalue weighted by molar-refractivity contribution is 6.51. The molecule has 5 heteroatoms. The Bertz CT molecular complexity index is 565. The van der Waals surface area contributed by atoms with E-state index in [4.69, 9.17) is 4.74 Å². The molecule has 1 aliphatic rings. The van der Waals surface area contributed by atoms with Gasteiger partial charge in [0.25, 0.3) is 11.7 Å². The SMILES string of the molecule is CCCC(C(=O)OCC)c1ccc2c(c1)C(=O)C(=O)N2. The first kappa shape index (κ1) is 14.2. The fourth-order valence-corrected chi connectivity index (χ4v) is 2.33. The van der Waals surface area contributed by atoms with E-state index in [1.807, 2.05) is 6.92 Å². The van der Waals surface area contributed by atoms with E-state index in [1.165, 1.54) is 0 Å². The number of amides is 1. The maximum atomic E-state index is 12.0. The molecule has 1 atom stereocenters. The molecular weight excluding hydrogens is 258 g/mol. The molecular formula is C15H17NO4. The van der Waals surface area contributed by atoms with Gasteiger partial charge in [-0.15, -0.1) is 0 Å². The number of anilines is 1. The first-order chi connectivity index (χ1) is 9.58. The van der Waals surface area contributed by atoms with Crippen molar-refractivity contribution < 1.29 is 19.1 Å². The van der Waals surface area contributed by atoms with Crippen molar-refractivity contribution in [1.29, 1.82) is 0 Å². The third-order valence-corrected chi connectivity index (χ3v) is 3.29.